The molecule has 1 N–H and O–H groups in total. The molecule has 1 aliphatic carbocycles. The zero-order chi connectivity index (χ0) is 11.4. The smallest absolute Gasteiger partial charge is 0.0695 e. The van der Waals surface area contributed by atoms with Gasteiger partial charge in [0.1, 0.15) is 0 Å². The van der Waals surface area contributed by atoms with E-state index in [2.05, 4.69) is 28.8 Å². The molecule has 1 aliphatic rings. The number of thiophene rings is 1. The third kappa shape index (κ3) is 3.06. The fraction of sp³-hybridized carbons (Fsp3) is 0.692. The molecular formula is C13H21NOS. The largest absolute Gasteiger partial charge is 0.391 e. The number of aliphatic hydroxyl groups excluding tert-OH is 1. The van der Waals surface area contributed by atoms with Gasteiger partial charge in [-0.15, -0.1) is 0 Å². The Kier molecular flexibility index (Phi) is 4.38. The average Bonchev–Trinajstić information content (AvgIpc) is 2.66. The summed E-state index contributed by atoms with van der Waals surface area (Å²) < 4.78 is 0. The van der Waals surface area contributed by atoms with Gasteiger partial charge in [-0.05, 0) is 42.3 Å². The molecule has 2 atom stereocenters. The maximum absolute atomic E-state index is 10.1. The summed E-state index contributed by atoms with van der Waals surface area (Å²) in [6, 6.07) is 2.52. The van der Waals surface area contributed by atoms with Crippen molar-refractivity contribution in [1.82, 2.24) is 4.90 Å². The molecular weight excluding hydrogens is 218 g/mol. The summed E-state index contributed by atoms with van der Waals surface area (Å²) in [7, 11) is 2.14. The molecule has 90 valence electrons. The quantitative estimate of drug-likeness (QED) is 0.820. The fourth-order valence-electron chi connectivity index (χ4n) is 2.57. The third-order valence-electron chi connectivity index (χ3n) is 3.52. The van der Waals surface area contributed by atoms with E-state index in [0.717, 1.165) is 19.4 Å². The van der Waals surface area contributed by atoms with Crippen LogP contribution < -0.4 is 0 Å². The van der Waals surface area contributed by atoms with Gasteiger partial charge < -0.3 is 5.11 Å². The van der Waals surface area contributed by atoms with Crippen LogP contribution >= 0.6 is 11.3 Å². The highest BCUT2D eigenvalue weighted by atomic mass is 32.1. The number of likely N-dealkylation sites (N-methyl/N-ethyl adjacent to an activating group) is 1. The lowest BCUT2D eigenvalue weighted by Crippen LogP contribution is -2.40. The minimum atomic E-state index is -0.133. The van der Waals surface area contributed by atoms with E-state index >= 15 is 0 Å². The van der Waals surface area contributed by atoms with Gasteiger partial charge in [-0.2, -0.15) is 11.3 Å². The summed E-state index contributed by atoms with van der Waals surface area (Å²) in [5, 5.41) is 14.4. The molecule has 1 saturated carbocycles. The van der Waals surface area contributed by atoms with Crippen molar-refractivity contribution in [1.29, 1.82) is 0 Å². The number of rotatable bonds is 3. The summed E-state index contributed by atoms with van der Waals surface area (Å²) in [6.45, 7) is 0.964. The van der Waals surface area contributed by atoms with E-state index in [1.54, 1.807) is 11.3 Å². The number of hydrogen-bond acceptors (Lipinski definition) is 3. The van der Waals surface area contributed by atoms with Gasteiger partial charge in [0.15, 0.2) is 0 Å². The van der Waals surface area contributed by atoms with Crippen LogP contribution in [0.5, 0.6) is 0 Å². The first-order chi connectivity index (χ1) is 7.77. The maximum atomic E-state index is 10.1. The van der Waals surface area contributed by atoms with E-state index in [1.165, 1.54) is 24.8 Å². The molecule has 2 nitrogen and oxygen atoms in total. The van der Waals surface area contributed by atoms with E-state index in [9.17, 15) is 5.11 Å². The Balaban J connectivity index is 1.94. The Morgan fingerprint density at radius 2 is 2.19 bits per heavy atom. The highest BCUT2D eigenvalue weighted by Crippen LogP contribution is 2.23. The molecule has 1 aromatic rings. The molecule has 0 saturated heterocycles. The van der Waals surface area contributed by atoms with Gasteiger partial charge in [-0.25, -0.2) is 0 Å². The highest BCUT2D eigenvalue weighted by Gasteiger charge is 2.25. The van der Waals surface area contributed by atoms with Gasteiger partial charge in [0.2, 0.25) is 0 Å². The van der Waals surface area contributed by atoms with E-state index in [4.69, 9.17) is 0 Å². The van der Waals surface area contributed by atoms with Crippen molar-refractivity contribution in [3.8, 4) is 0 Å². The molecule has 0 bridgehead atoms. The summed E-state index contributed by atoms with van der Waals surface area (Å²) in [5.41, 5.74) is 1.36. The first-order valence-corrected chi connectivity index (χ1v) is 7.11. The number of hydrogen-bond donors (Lipinski definition) is 1. The summed E-state index contributed by atoms with van der Waals surface area (Å²) in [6.07, 6.45) is 5.70. The van der Waals surface area contributed by atoms with Crippen LogP contribution in [0.15, 0.2) is 16.8 Å². The molecule has 1 aromatic heterocycles. The maximum Gasteiger partial charge on any atom is 0.0695 e. The van der Waals surface area contributed by atoms with Crippen LogP contribution in [-0.4, -0.2) is 29.2 Å². The lowest BCUT2D eigenvalue weighted by molar-refractivity contribution is 0.0544. The molecule has 1 fully saturated rings. The molecule has 0 spiro atoms. The fourth-order valence-corrected chi connectivity index (χ4v) is 3.23. The molecule has 3 heteroatoms. The van der Waals surface area contributed by atoms with Gasteiger partial charge in [0, 0.05) is 12.6 Å². The van der Waals surface area contributed by atoms with Crippen molar-refractivity contribution in [2.24, 2.45) is 0 Å². The second-order valence-electron chi connectivity index (χ2n) is 4.82. The van der Waals surface area contributed by atoms with Crippen molar-refractivity contribution < 1.29 is 5.11 Å². The molecule has 0 aliphatic heterocycles. The van der Waals surface area contributed by atoms with Gasteiger partial charge in [-0.1, -0.05) is 19.3 Å². The van der Waals surface area contributed by atoms with Gasteiger partial charge in [-0.3, -0.25) is 4.90 Å². The summed E-state index contributed by atoms with van der Waals surface area (Å²) >= 11 is 1.74. The Morgan fingerprint density at radius 3 is 2.94 bits per heavy atom. The van der Waals surface area contributed by atoms with Crippen LogP contribution in [0.2, 0.25) is 0 Å². The van der Waals surface area contributed by atoms with Crippen molar-refractivity contribution in [3.63, 3.8) is 0 Å². The van der Waals surface area contributed by atoms with Crippen LogP contribution in [0.3, 0.4) is 0 Å². The Morgan fingerprint density at radius 1 is 1.38 bits per heavy atom. The normalized spacial score (nSPS) is 26.9. The van der Waals surface area contributed by atoms with Gasteiger partial charge in [0.05, 0.1) is 6.10 Å². The molecule has 16 heavy (non-hydrogen) atoms. The Hall–Kier alpha value is -0.380. The van der Waals surface area contributed by atoms with Gasteiger partial charge in [0.25, 0.3) is 0 Å². The summed E-state index contributed by atoms with van der Waals surface area (Å²) in [4.78, 5) is 2.32. The zero-order valence-electron chi connectivity index (χ0n) is 9.93. The topological polar surface area (TPSA) is 23.5 Å². The number of aliphatic hydroxyl groups is 1. The van der Waals surface area contributed by atoms with Crippen LogP contribution in [0.4, 0.5) is 0 Å². The van der Waals surface area contributed by atoms with E-state index < -0.39 is 0 Å². The molecule has 2 unspecified atom stereocenters. The molecule has 0 radical (unpaired) electrons. The Labute approximate surface area is 102 Å². The minimum Gasteiger partial charge on any atom is -0.391 e. The molecule has 2 rings (SSSR count). The lowest BCUT2D eigenvalue weighted by Gasteiger charge is -2.30. The lowest BCUT2D eigenvalue weighted by atomic mass is 10.0. The summed E-state index contributed by atoms with van der Waals surface area (Å²) in [5.74, 6) is 0. The molecule has 1 heterocycles. The Bertz CT molecular complexity index is 299. The van der Waals surface area contributed by atoms with Crippen LogP contribution in [0, 0.1) is 0 Å². The van der Waals surface area contributed by atoms with Gasteiger partial charge >= 0.3 is 0 Å². The van der Waals surface area contributed by atoms with Crippen LogP contribution in [-0.2, 0) is 6.54 Å². The average molecular weight is 239 g/mol. The molecule has 0 amide bonds. The SMILES string of the molecule is CN(Cc1ccsc1)C1CCCCCC1O. The first-order valence-electron chi connectivity index (χ1n) is 6.17. The number of nitrogens with zero attached hydrogens (tertiary/aromatic N) is 1. The second-order valence-corrected chi connectivity index (χ2v) is 5.60. The monoisotopic (exact) mass is 239 g/mol. The van der Waals surface area contributed by atoms with Crippen molar-refractivity contribution in [3.05, 3.63) is 22.4 Å². The van der Waals surface area contributed by atoms with Crippen molar-refractivity contribution >= 4 is 11.3 Å². The van der Waals surface area contributed by atoms with Crippen LogP contribution in [0.25, 0.3) is 0 Å². The second kappa shape index (κ2) is 5.80. The van der Waals surface area contributed by atoms with Crippen molar-refractivity contribution in [2.75, 3.05) is 7.05 Å². The minimum absolute atomic E-state index is 0.133. The van der Waals surface area contributed by atoms with E-state index in [1.807, 2.05) is 0 Å². The third-order valence-corrected chi connectivity index (χ3v) is 4.25. The zero-order valence-corrected chi connectivity index (χ0v) is 10.7. The highest BCUT2D eigenvalue weighted by molar-refractivity contribution is 7.07. The van der Waals surface area contributed by atoms with Crippen LogP contribution in [0.1, 0.15) is 37.7 Å². The first kappa shape index (κ1) is 12.1. The van der Waals surface area contributed by atoms with E-state index in [0.29, 0.717) is 6.04 Å². The predicted octanol–water partition coefficient (Wildman–Crippen LogP) is 2.87. The van der Waals surface area contributed by atoms with E-state index in [-0.39, 0.29) is 6.10 Å². The standard InChI is InChI=1S/C13H21NOS/c1-14(9-11-7-8-16-10-11)12-5-3-2-4-6-13(12)15/h7-8,10,12-13,15H,2-6,9H2,1H3. The van der Waals surface area contributed by atoms with Crippen molar-refractivity contribution in [2.45, 2.75) is 50.8 Å². The predicted molar refractivity (Wildman–Crippen MR) is 68.7 cm³/mol. The molecule has 0 aromatic carbocycles.